The van der Waals surface area contributed by atoms with Crippen molar-refractivity contribution in [2.75, 3.05) is 12.3 Å². The standard InChI is InChI=1S/C13H18N5O8P/c1-2-7(19)26-27(22,23)24-3-6-9(20)10(21)13(25-6)18-5-17-8-11(14)15-4-16-12(8)18/h4-6,9-10,13,20-21H,2-3H2,1H3,(H,22,23)(H2,14,15,16)/t6-,9-,10-,13-/m1/s1. The molecule has 0 saturated carbocycles. The Morgan fingerprint density at radius 2 is 2.11 bits per heavy atom. The van der Waals surface area contributed by atoms with Gasteiger partial charge in [-0.2, -0.15) is 0 Å². The van der Waals surface area contributed by atoms with Crippen LogP contribution in [0, 0.1) is 0 Å². The van der Waals surface area contributed by atoms with Crippen LogP contribution in [0.2, 0.25) is 0 Å². The van der Waals surface area contributed by atoms with Crippen LogP contribution in [0.3, 0.4) is 0 Å². The molecule has 13 nitrogen and oxygen atoms in total. The van der Waals surface area contributed by atoms with Crippen molar-refractivity contribution in [2.45, 2.75) is 37.9 Å². The first-order valence-corrected chi connectivity index (χ1v) is 9.37. The summed E-state index contributed by atoms with van der Waals surface area (Å²) in [6, 6.07) is 0. The molecule has 1 unspecified atom stereocenters. The van der Waals surface area contributed by atoms with E-state index < -0.39 is 44.9 Å². The Morgan fingerprint density at radius 3 is 2.81 bits per heavy atom. The van der Waals surface area contributed by atoms with E-state index in [1.807, 2.05) is 0 Å². The summed E-state index contributed by atoms with van der Waals surface area (Å²) in [7, 11) is -4.67. The van der Waals surface area contributed by atoms with Crippen LogP contribution in [0.15, 0.2) is 12.7 Å². The van der Waals surface area contributed by atoms with E-state index in [-0.39, 0.29) is 23.4 Å². The number of phosphoric acid groups is 1. The smallest absolute Gasteiger partial charge is 0.387 e. The number of aliphatic hydroxyl groups excluding tert-OH is 2. The average Bonchev–Trinajstić information content (AvgIpc) is 3.16. The highest BCUT2D eigenvalue weighted by Gasteiger charge is 2.45. The van der Waals surface area contributed by atoms with Gasteiger partial charge in [0, 0.05) is 6.42 Å². The number of anilines is 1. The van der Waals surface area contributed by atoms with Crippen molar-refractivity contribution in [3.8, 4) is 0 Å². The first kappa shape index (κ1) is 19.6. The molecule has 0 bridgehead atoms. The van der Waals surface area contributed by atoms with Gasteiger partial charge in [0.1, 0.15) is 30.2 Å². The Balaban J connectivity index is 1.73. The molecule has 2 aromatic rings. The maximum Gasteiger partial charge on any atom is 0.529 e. The van der Waals surface area contributed by atoms with Gasteiger partial charge in [0.05, 0.1) is 12.9 Å². The van der Waals surface area contributed by atoms with Gasteiger partial charge in [0.15, 0.2) is 17.7 Å². The molecule has 3 heterocycles. The lowest BCUT2D eigenvalue weighted by Gasteiger charge is -2.17. The number of hydrogen-bond acceptors (Lipinski definition) is 11. The van der Waals surface area contributed by atoms with Crippen LogP contribution in [0.25, 0.3) is 11.2 Å². The van der Waals surface area contributed by atoms with Gasteiger partial charge in [-0.05, 0) is 0 Å². The van der Waals surface area contributed by atoms with Gasteiger partial charge in [-0.25, -0.2) is 19.5 Å². The molecule has 1 aliphatic rings. The minimum Gasteiger partial charge on any atom is -0.387 e. The zero-order chi connectivity index (χ0) is 19.8. The molecule has 0 amide bonds. The third-order valence-electron chi connectivity index (χ3n) is 3.91. The molecule has 2 aromatic heterocycles. The number of aliphatic hydroxyl groups is 2. The van der Waals surface area contributed by atoms with Crippen molar-refractivity contribution in [1.82, 2.24) is 19.5 Å². The van der Waals surface area contributed by atoms with E-state index in [4.69, 9.17) is 10.5 Å². The topological polar surface area (TPSA) is 192 Å². The third kappa shape index (κ3) is 3.93. The van der Waals surface area contributed by atoms with E-state index in [9.17, 15) is 24.5 Å². The van der Waals surface area contributed by atoms with Gasteiger partial charge in [-0.15, -0.1) is 0 Å². The summed E-state index contributed by atoms with van der Waals surface area (Å²) < 4.78 is 27.5. The molecule has 0 radical (unpaired) electrons. The van der Waals surface area contributed by atoms with Gasteiger partial charge in [-0.3, -0.25) is 18.8 Å². The van der Waals surface area contributed by atoms with E-state index in [1.165, 1.54) is 24.1 Å². The summed E-state index contributed by atoms with van der Waals surface area (Å²) >= 11 is 0. The number of rotatable bonds is 6. The molecular weight excluding hydrogens is 385 g/mol. The molecule has 27 heavy (non-hydrogen) atoms. The fraction of sp³-hybridized carbons (Fsp3) is 0.538. The lowest BCUT2D eigenvalue weighted by atomic mass is 10.1. The summed E-state index contributed by atoms with van der Waals surface area (Å²) in [5, 5.41) is 20.4. The molecule has 14 heteroatoms. The number of carbonyl (C=O) groups is 1. The second kappa shape index (κ2) is 7.46. The molecular formula is C13H18N5O8P. The Labute approximate surface area is 152 Å². The van der Waals surface area contributed by atoms with Crippen LogP contribution >= 0.6 is 7.82 Å². The number of ether oxygens (including phenoxy) is 1. The zero-order valence-corrected chi connectivity index (χ0v) is 15.0. The van der Waals surface area contributed by atoms with Crippen molar-refractivity contribution in [1.29, 1.82) is 0 Å². The van der Waals surface area contributed by atoms with Crippen LogP contribution in [0.4, 0.5) is 5.82 Å². The van der Waals surface area contributed by atoms with Crippen LogP contribution in [-0.4, -0.2) is 65.5 Å². The number of aromatic nitrogens is 4. The Kier molecular flexibility index (Phi) is 5.42. The fourth-order valence-electron chi connectivity index (χ4n) is 2.54. The van der Waals surface area contributed by atoms with Crippen LogP contribution in [0.1, 0.15) is 19.6 Å². The largest absolute Gasteiger partial charge is 0.529 e. The molecule has 148 valence electrons. The number of carbonyl (C=O) groups excluding carboxylic acids is 1. The van der Waals surface area contributed by atoms with Gasteiger partial charge in [-0.1, -0.05) is 6.92 Å². The third-order valence-corrected chi connectivity index (χ3v) is 4.82. The molecule has 1 fully saturated rings. The number of nitrogens with zero attached hydrogens (tertiary/aromatic N) is 4. The minimum atomic E-state index is -4.67. The number of nitrogen functional groups attached to an aromatic ring is 1. The normalized spacial score (nSPS) is 27.6. The van der Waals surface area contributed by atoms with Crippen molar-refractivity contribution < 1.29 is 38.3 Å². The SMILES string of the molecule is CCC(=O)OP(=O)(O)OC[C@H]1O[C@@H](n2cnc3c(N)ncnc32)[C@H](O)[C@@H]1O. The zero-order valence-electron chi connectivity index (χ0n) is 14.1. The van der Waals surface area contributed by atoms with E-state index in [1.54, 1.807) is 0 Å². The van der Waals surface area contributed by atoms with Gasteiger partial charge < -0.3 is 25.2 Å². The molecule has 3 rings (SSSR count). The van der Waals surface area contributed by atoms with E-state index in [0.29, 0.717) is 0 Å². The second-order valence-electron chi connectivity index (χ2n) is 5.71. The maximum absolute atomic E-state index is 11.7. The highest BCUT2D eigenvalue weighted by molar-refractivity contribution is 7.48. The number of fused-ring (bicyclic) bond motifs is 1. The van der Waals surface area contributed by atoms with Crippen molar-refractivity contribution in [2.24, 2.45) is 0 Å². The second-order valence-corrected chi connectivity index (χ2v) is 7.09. The molecule has 1 saturated heterocycles. The summed E-state index contributed by atoms with van der Waals surface area (Å²) in [4.78, 5) is 32.5. The Hall–Kier alpha value is -2.15. The van der Waals surface area contributed by atoms with Crippen molar-refractivity contribution >= 4 is 30.8 Å². The summed E-state index contributed by atoms with van der Waals surface area (Å²) in [6.45, 7) is 0.835. The molecule has 5 atom stereocenters. The van der Waals surface area contributed by atoms with E-state index >= 15 is 0 Å². The first-order chi connectivity index (χ1) is 12.7. The van der Waals surface area contributed by atoms with Crippen LogP contribution in [-0.2, 0) is 23.1 Å². The van der Waals surface area contributed by atoms with E-state index in [0.717, 1.165) is 0 Å². The number of phosphoric ester groups is 1. The maximum atomic E-state index is 11.7. The van der Waals surface area contributed by atoms with Gasteiger partial charge in [0.2, 0.25) is 0 Å². The quantitative estimate of drug-likeness (QED) is 0.435. The summed E-state index contributed by atoms with van der Waals surface area (Å²) in [6.07, 6.45) is -2.75. The average molecular weight is 403 g/mol. The summed E-state index contributed by atoms with van der Waals surface area (Å²) in [5.74, 6) is -0.792. The minimum absolute atomic E-state index is 0.115. The lowest BCUT2D eigenvalue weighted by Crippen LogP contribution is -2.33. The summed E-state index contributed by atoms with van der Waals surface area (Å²) in [5.41, 5.74) is 6.26. The molecule has 0 aliphatic carbocycles. The van der Waals surface area contributed by atoms with Crippen LogP contribution < -0.4 is 5.73 Å². The first-order valence-electron chi connectivity index (χ1n) is 7.88. The van der Waals surface area contributed by atoms with Crippen molar-refractivity contribution in [3.63, 3.8) is 0 Å². The lowest BCUT2D eigenvalue weighted by molar-refractivity contribution is -0.136. The Bertz CT molecular complexity index is 891. The highest BCUT2D eigenvalue weighted by atomic mass is 31.2. The van der Waals surface area contributed by atoms with Crippen molar-refractivity contribution in [3.05, 3.63) is 12.7 Å². The molecule has 1 aliphatic heterocycles. The monoisotopic (exact) mass is 403 g/mol. The predicted molar refractivity (Wildman–Crippen MR) is 87.8 cm³/mol. The number of hydrogen-bond donors (Lipinski definition) is 4. The molecule has 5 N–H and O–H groups in total. The van der Waals surface area contributed by atoms with Gasteiger partial charge in [0.25, 0.3) is 0 Å². The van der Waals surface area contributed by atoms with E-state index in [2.05, 4.69) is 24.0 Å². The Morgan fingerprint density at radius 1 is 1.37 bits per heavy atom. The highest BCUT2D eigenvalue weighted by Crippen LogP contribution is 2.44. The fourth-order valence-corrected chi connectivity index (χ4v) is 3.31. The van der Waals surface area contributed by atoms with Gasteiger partial charge >= 0.3 is 13.8 Å². The number of imidazole rings is 1. The number of nitrogens with two attached hydrogens (primary N) is 1. The molecule has 0 aromatic carbocycles. The molecule has 0 spiro atoms. The predicted octanol–water partition coefficient (Wildman–Crippen LogP) is -0.902. The van der Waals surface area contributed by atoms with Crippen LogP contribution in [0.5, 0.6) is 0 Å².